The zero-order chi connectivity index (χ0) is 22.4. The van der Waals surface area contributed by atoms with Crippen LogP contribution in [0.3, 0.4) is 0 Å². The van der Waals surface area contributed by atoms with Crippen LogP contribution in [0, 0.1) is 19.7 Å². The SMILES string of the molecule is Cc1cc(C)cc(CNC(=O)c2cccnc2SCCC(F)(F)c2ccc(F)cc2)c1. The lowest BCUT2D eigenvalue weighted by Gasteiger charge is -2.16. The van der Waals surface area contributed by atoms with Crippen LogP contribution in [0.5, 0.6) is 0 Å². The molecule has 31 heavy (non-hydrogen) atoms. The maximum atomic E-state index is 14.4. The standard InChI is InChI=1S/C24H23F3N2OS/c1-16-12-17(2)14-18(13-16)15-29-22(30)21-4-3-10-28-23(21)31-11-9-24(26,27)19-5-7-20(25)8-6-19/h3-8,10,12-14H,9,11,15H2,1-2H3,(H,29,30). The number of alkyl halides is 2. The summed E-state index contributed by atoms with van der Waals surface area (Å²) in [6.07, 6.45) is 1.07. The molecular weight excluding hydrogens is 421 g/mol. The summed E-state index contributed by atoms with van der Waals surface area (Å²) in [5, 5.41) is 3.27. The maximum absolute atomic E-state index is 14.4. The number of aryl methyl sites for hydroxylation is 2. The highest BCUT2D eigenvalue weighted by Crippen LogP contribution is 2.34. The number of hydrogen-bond donors (Lipinski definition) is 1. The summed E-state index contributed by atoms with van der Waals surface area (Å²) in [5.74, 6) is -3.90. The van der Waals surface area contributed by atoms with Crippen molar-refractivity contribution in [3.63, 3.8) is 0 Å². The van der Waals surface area contributed by atoms with Crippen molar-refractivity contribution < 1.29 is 18.0 Å². The van der Waals surface area contributed by atoms with E-state index >= 15 is 0 Å². The maximum Gasteiger partial charge on any atom is 0.274 e. The molecule has 3 aromatic rings. The second-order valence-electron chi connectivity index (χ2n) is 7.34. The molecule has 0 saturated carbocycles. The first-order valence-corrected chi connectivity index (χ1v) is 10.8. The largest absolute Gasteiger partial charge is 0.348 e. The number of nitrogens with one attached hydrogen (secondary N) is 1. The smallest absolute Gasteiger partial charge is 0.274 e. The van der Waals surface area contributed by atoms with Gasteiger partial charge in [-0.05, 0) is 43.7 Å². The van der Waals surface area contributed by atoms with Crippen LogP contribution >= 0.6 is 11.8 Å². The third-order valence-electron chi connectivity index (χ3n) is 4.67. The van der Waals surface area contributed by atoms with Crippen molar-refractivity contribution in [1.82, 2.24) is 10.3 Å². The summed E-state index contributed by atoms with van der Waals surface area (Å²) in [6.45, 7) is 4.36. The van der Waals surface area contributed by atoms with E-state index in [0.29, 0.717) is 17.1 Å². The molecule has 0 atom stereocenters. The Morgan fingerprint density at radius 3 is 2.42 bits per heavy atom. The van der Waals surface area contributed by atoms with E-state index in [2.05, 4.69) is 16.4 Å². The molecule has 0 spiro atoms. The molecule has 1 heterocycles. The fraction of sp³-hybridized carbons (Fsp3) is 0.250. The zero-order valence-electron chi connectivity index (χ0n) is 17.3. The predicted octanol–water partition coefficient (Wildman–Crippen LogP) is 6.04. The van der Waals surface area contributed by atoms with Gasteiger partial charge >= 0.3 is 0 Å². The van der Waals surface area contributed by atoms with Crippen LogP contribution in [-0.2, 0) is 12.5 Å². The summed E-state index contributed by atoms with van der Waals surface area (Å²) < 4.78 is 41.8. The Morgan fingerprint density at radius 2 is 1.74 bits per heavy atom. The summed E-state index contributed by atoms with van der Waals surface area (Å²) in [4.78, 5) is 16.9. The van der Waals surface area contributed by atoms with Crippen molar-refractivity contribution in [2.75, 3.05) is 5.75 Å². The first kappa shape index (κ1) is 22.9. The van der Waals surface area contributed by atoms with E-state index in [4.69, 9.17) is 0 Å². The van der Waals surface area contributed by atoms with Crippen molar-refractivity contribution in [3.05, 3.63) is 94.4 Å². The molecule has 162 valence electrons. The minimum Gasteiger partial charge on any atom is -0.348 e. The number of rotatable bonds is 8. The van der Waals surface area contributed by atoms with E-state index in [-0.39, 0.29) is 17.2 Å². The minimum absolute atomic E-state index is 0.0543. The van der Waals surface area contributed by atoms with Crippen LogP contribution in [0.1, 0.15) is 39.0 Å². The molecule has 3 rings (SSSR count). The Hall–Kier alpha value is -2.80. The van der Waals surface area contributed by atoms with Crippen molar-refractivity contribution in [3.8, 4) is 0 Å². The molecule has 2 aromatic carbocycles. The number of hydrogen-bond acceptors (Lipinski definition) is 3. The van der Waals surface area contributed by atoms with Crippen LogP contribution in [0.2, 0.25) is 0 Å². The molecule has 3 nitrogen and oxygen atoms in total. The van der Waals surface area contributed by atoms with Crippen LogP contribution in [-0.4, -0.2) is 16.6 Å². The summed E-state index contributed by atoms with van der Waals surface area (Å²) >= 11 is 1.10. The van der Waals surface area contributed by atoms with Crippen molar-refractivity contribution in [1.29, 1.82) is 0 Å². The summed E-state index contributed by atoms with van der Waals surface area (Å²) in [6, 6.07) is 13.6. The molecule has 0 aliphatic heterocycles. The average molecular weight is 445 g/mol. The molecule has 0 saturated heterocycles. The normalized spacial score (nSPS) is 11.4. The van der Waals surface area contributed by atoms with Gasteiger partial charge < -0.3 is 5.32 Å². The third kappa shape index (κ3) is 6.34. The van der Waals surface area contributed by atoms with E-state index in [9.17, 15) is 18.0 Å². The van der Waals surface area contributed by atoms with Gasteiger partial charge in [0.2, 0.25) is 0 Å². The first-order valence-electron chi connectivity index (χ1n) is 9.82. The van der Waals surface area contributed by atoms with Gasteiger partial charge in [0, 0.05) is 30.5 Å². The molecule has 0 aliphatic rings. The minimum atomic E-state index is -3.10. The monoisotopic (exact) mass is 444 g/mol. The predicted molar refractivity (Wildman–Crippen MR) is 117 cm³/mol. The van der Waals surface area contributed by atoms with E-state index in [1.54, 1.807) is 12.1 Å². The van der Waals surface area contributed by atoms with E-state index in [1.165, 1.54) is 6.20 Å². The van der Waals surface area contributed by atoms with Crippen molar-refractivity contribution in [2.45, 2.75) is 37.8 Å². The summed E-state index contributed by atoms with van der Waals surface area (Å²) in [7, 11) is 0. The van der Waals surface area contributed by atoms with Crippen LogP contribution in [0.15, 0.2) is 65.8 Å². The molecule has 0 bridgehead atoms. The van der Waals surface area contributed by atoms with Crippen LogP contribution in [0.25, 0.3) is 0 Å². The van der Waals surface area contributed by atoms with Gasteiger partial charge in [0.1, 0.15) is 10.8 Å². The van der Waals surface area contributed by atoms with E-state index < -0.39 is 18.2 Å². The van der Waals surface area contributed by atoms with Gasteiger partial charge in [0.05, 0.1) is 5.56 Å². The lowest BCUT2D eigenvalue weighted by molar-refractivity contribution is -0.00707. The van der Waals surface area contributed by atoms with E-state index in [1.807, 2.05) is 26.0 Å². The third-order valence-corrected chi connectivity index (χ3v) is 5.68. The average Bonchev–Trinajstić information content (AvgIpc) is 2.72. The quantitative estimate of drug-likeness (QED) is 0.431. The number of halogens is 3. The van der Waals surface area contributed by atoms with E-state index in [0.717, 1.165) is 52.7 Å². The number of amides is 1. The Bertz CT molecular complexity index is 1030. The Balaban J connectivity index is 1.61. The highest BCUT2D eigenvalue weighted by atomic mass is 32.2. The molecule has 1 amide bonds. The molecule has 0 unspecified atom stereocenters. The van der Waals surface area contributed by atoms with Crippen molar-refractivity contribution >= 4 is 17.7 Å². The lowest BCUT2D eigenvalue weighted by Crippen LogP contribution is -2.24. The molecular formula is C24H23F3N2OS. The number of carbonyl (C=O) groups is 1. The van der Waals surface area contributed by atoms with Crippen LogP contribution < -0.4 is 5.32 Å². The highest BCUT2D eigenvalue weighted by molar-refractivity contribution is 7.99. The van der Waals surface area contributed by atoms with Gasteiger partial charge in [0.25, 0.3) is 11.8 Å². The Kier molecular flexibility index (Phi) is 7.38. The van der Waals surface area contributed by atoms with Gasteiger partial charge in [-0.3, -0.25) is 4.79 Å². The molecule has 0 radical (unpaired) electrons. The second-order valence-corrected chi connectivity index (χ2v) is 8.43. The molecule has 0 fully saturated rings. The molecule has 1 N–H and O–H groups in total. The molecule has 7 heteroatoms. The molecule has 0 aliphatic carbocycles. The lowest BCUT2D eigenvalue weighted by atomic mass is 10.1. The Labute approximate surface area is 184 Å². The summed E-state index contributed by atoms with van der Waals surface area (Å²) in [5.41, 5.74) is 3.33. The number of nitrogens with zero attached hydrogens (tertiary/aromatic N) is 1. The number of aromatic nitrogens is 1. The van der Waals surface area contributed by atoms with Crippen LogP contribution in [0.4, 0.5) is 13.2 Å². The van der Waals surface area contributed by atoms with Crippen molar-refractivity contribution in [2.24, 2.45) is 0 Å². The number of carbonyl (C=O) groups excluding carboxylic acids is 1. The zero-order valence-corrected chi connectivity index (χ0v) is 18.1. The van der Waals surface area contributed by atoms with Gasteiger partial charge in [-0.15, -0.1) is 11.8 Å². The second kappa shape index (κ2) is 10.0. The number of thioether (sulfide) groups is 1. The number of benzene rings is 2. The van der Waals surface area contributed by atoms with Gasteiger partial charge in [0.15, 0.2) is 0 Å². The highest BCUT2D eigenvalue weighted by Gasteiger charge is 2.31. The van der Waals surface area contributed by atoms with Gasteiger partial charge in [-0.25, -0.2) is 18.2 Å². The Morgan fingerprint density at radius 1 is 1.06 bits per heavy atom. The fourth-order valence-corrected chi connectivity index (χ4v) is 4.24. The first-order chi connectivity index (χ1) is 14.7. The number of pyridine rings is 1. The molecule has 1 aromatic heterocycles. The van der Waals surface area contributed by atoms with Gasteiger partial charge in [-0.2, -0.15) is 0 Å². The topological polar surface area (TPSA) is 42.0 Å². The fourth-order valence-electron chi connectivity index (χ4n) is 3.24. The van der Waals surface area contributed by atoms with Gasteiger partial charge in [-0.1, -0.05) is 41.5 Å².